The number of aromatic nitrogens is 2. The number of ether oxygens (including phenoxy) is 1. The number of hydrogen-bond donors (Lipinski definition) is 1. The molecule has 6 nitrogen and oxygen atoms in total. The SMILES string of the molecule is Cc1nn(Cc2ccccc2Cl)c(C)c1/C=C/C(=O)OC(C)C(=O)Nc1ccc(F)cc1F. The third kappa shape index (κ3) is 6.04. The lowest BCUT2D eigenvalue weighted by atomic mass is 10.1. The van der Waals surface area contributed by atoms with Crippen LogP contribution in [-0.4, -0.2) is 27.8 Å². The van der Waals surface area contributed by atoms with Crippen LogP contribution >= 0.6 is 11.6 Å². The van der Waals surface area contributed by atoms with Crippen molar-refractivity contribution in [3.63, 3.8) is 0 Å². The van der Waals surface area contributed by atoms with Gasteiger partial charge in [-0.05, 0) is 50.6 Å². The summed E-state index contributed by atoms with van der Waals surface area (Å²) in [5.74, 6) is -3.20. The lowest BCUT2D eigenvalue weighted by Crippen LogP contribution is -2.29. The molecule has 3 rings (SSSR count). The van der Waals surface area contributed by atoms with Gasteiger partial charge in [0.25, 0.3) is 5.91 Å². The number of hydrogen-bond acceptors (Lipinski definition) is 4. The number of amides is 1. The molecular formula is C24H22ClF2N3O3. The highest BCUT2D eigenvalue weighted by atomic mass is 35.5. The predicted octanol–water partition coefficient (Wildman–Crippen LogP) is 5.06. The molecule has 0 aliphatic carbocycles. The fourth-order valence-corrected chi connectivity index (χ4v) is 3.33. The molecule has 0 aliphatic heterocycles. The fourth-order valence-electron chi connectivity index (χ4n) is 3.14. The second kappa shape index (κ2) is 10.4. The van der Waals surface area contributed by atoms with Crippen molar-refractivity contribution in [1.82, 2.24) is 9.78 Å². The lowest BCUT2D eigenvalue weighted by Gasteiger charge is -2.12. The van der Waals surface area contributed by atoms with Crippen LogP contribution < -0.4 is 5.32 Å². The van der Waals surface area contributed by atoms with Crippen molar-refractivity contribution in [2.24, 2.45) is 0 Å². The Morgan fingerprint density at radius 1 is 1.21 bits per heavy atom. The summed E-state index contributed by atoms with van der Waals surface area (Å²) in [5, 5.41) is 7.40. The smallest absolute Gasteiger partial charge is 0.331 e. The maximum Gasteiger partial charge on any atom is 0.331 e. The van der Waals surface area contributed by atoms with Gasteiger partial charge in [-0.1, -0.05) is 29.8 Å². The average Bonchev–Trinajstić information content (AvgIpc) is 3.02. The standard InChI is InChI=1S/C24H22ClF2N3O3/c1-14-19(15(2)30(29-14)13-17-6-4-5-7-20(17)25)9-11-23(31)33-16(3)24(32)28-22-10-8-18(26)12-21(22)27/h4-12,16H,13H2,1-3H3,(H,28,32)/b11-9+. The Kier molecular flexibility index (Phi) is 7.60. The van der Waals surface area contributed by atoms with Gasteiger partial charge in [0, 0.05) is 28.4 Å². The summed E-state index contributed by atoms with van der Waals surface area (Å²) in [6, 6.07) is 10.2. The van der Waals surface area contributed by atoms with Crippen LogP contribution in [0, 0.1) is 25.5 Å². The van der Waals surface area contributed by atoms with E-state index in [4.69, 9.17) is 16.3 Å². The number of benzene rings is 2. The van der Waals surface area contributed by atoms with E-state index in [0.717, 1.165) is 29.0 Å². The van der Waals surface area contributed by atoms with Crippen molar-refractivity contribution in [3.8, 4) is 0 Å². The van der Waals surface area contributed by atoms with E-state index >= 15 is 0 Å². The van der Waals surface area contributed by atoms with Crippen LogP contribution in [0.5, 0.6) is 0 Å². The van der Waals surface area contributed by atoms with Gasteiger partial charge in [-0.2, -0.15) is 5.10 Å². The first kappa shape index (κ1) is 24.1. The zero-order chi connectivity index (χ0) is 24.1. The molecule has 1 amide bonds. The molecule has 0 radical (unpaired) electrons. The van der Waals surface area contributed by atoms with Gasteiger partial charge in [-0.3, -0.25) is 9.48 Å². The second-order valence-electron chi connectivity index (χ2n) is 7.36. The minimum Gasteiger partial charge on any atom is -0.449 e. The lowest BCUT2D eigenvalue weighted by molar-refractivity contribution is -0.148. The van der Waals surface area contributed by atoms with Crippen LogP contribution in [-0.2, 0) is 20.9 Å². The molecule has 1 aromatic heterocycles. The maximum absolute atomic E-state index is 13.7. The minimum atomic E-state index is -1.20. The van der Waals surface area contributed by atoms with E-state index in [-0.39, 0.29) is 5.69 Å². The molecule has 0 fully saturated rings. The molecule has 0 saturated heterocycles. The monoisotopic (exact) mass is 473 g/mol. The zero-order valence-electron chi connectivity index (χ0n) is 18.2. The van der Waals surface area contributed by atoms with E-state index in [1.165, 1.54) is 13.0 Å². The Hall–Kier alpha value is -3.52. The Balaban J connectivity index is 1.63. The van der Waals surface area contributed by atoms with Gasteiger partial charge in [0.2, 0.25) is 0 Å². The zero-order valence-corrected chi connectivity index (χ0v) is 19.0. The van der Waals surface area contributed by atoms with Crippen LogP contribution in [0.1, 0.15) is 29.4 Å². The predicted molar refractivity (Wildman–Crippen MR) is 122 cm³/mol. The summed E-state index contributed by atoms with van der Waals surface area (Å²) in [5.41, 5.74) is 2.98. The Labute approximate surface area is 194 Å². The number of nitrogens with zero attached hydrogens (tertiary/aromatic N) is 2. The summed E-state index contributed by atoms with van der Waals surface area (Å²) in [6.07, 6.45) is 1.56. The number of anilines is 1. The molecular weight excluding hydrogens is 452 g/mol. The van der Waals surface area contributed by atoms with Crippen LogP contribution in [0.4, 0.5) is 14.5 Å². The quantitative estimate of drug-likeness (QED) is 0.384. The number of aryl methyl sites for hydroxylation is 1. The average molecular weight is 474 g/mol. The van der Waals surface area contributed by atoms with Crippen LogP contribution in [0.25, 0.3) is 6.08 Å². The summed E-state index contributed by atoms with van der Waals surface area (Å²) < 4.78 is 33.6. The van der Waals surface area contributed by atoms with Crippen LogP contribution in [0.3, 0.4) is 0 Å². The van der Waals surface area contributed by atoms with Crippen LogP contribution in [0.15, 0.2) is 48.5 Å². The molecule has 9 heteroatoms. The van der Waals surface area contributed by atoms with Gasteiger partial charge in [0.05, 0.1) is 17.9 Å². The van der Waals surface area contributed by atoms with Gasteiger partial charge >= 0.3 is 5.97 Å². The molecule has 0 spiro atoms. The maximum atomic E-state index is 13.7. The Bertz CT molecular complexity index is 1220. The number of rotatable bonds is 7. The largest absolute Gasteiger partial charge is 0.449 e. The molecule has 1 heterocycles. The van der Waals surface area contributed by atoms with Crippen molar-refractivity contribution in [2.45, 2.75) is 33.4 Å². The van der Waals surface area contributed by atoms with E-state index in [1.54, 1.807) is 16.8 Å². The molecule has 2 aromatic carbocycles. The molecule has 3 aromatic rings. The molecule has 0 bridgehead atoms. The number of carbonyl (C=O) groups is 2. The van der Waals surface area contributed by atoms with Gasteiger partial charge in [-0.25, -0.2) is 13.6 Å². The third-order valence-electron chi connectivity index (χ3n) is 4.95. The number of nitrogens with one attached hydrogen (secondary N) is 1. The van der Waals surface area contributed by atoms with Crippen molar-refractivity contribution >= 4 is 35.2 Å². The highest BCUT2D eigenvalue weighted by Gasteiger charge is 2.19. The first-order chi connectivity index (χ1) is 15.7. The molecule has 1 unspecified atom stereocenters. The molecule has 0 aliphatic rings. The summed E-state index contributed by atoms with van der Waals surface area (Å²) in [7, 11) is 0. The van der Waals surface area contributed by atoms with Crippen molar-refractivity contribution < 1.29 is 23.1 Å². The third-order valence-corrected chi connectivity index (χ3v) is 5.32. The molecule has 0 saturated carbocycles. The Morgan fingerprint density at radius 3 is 2.64 bits per heavy atom. The second-order valence-corrected chi connectivity index (χ2v) is 7.77. The number of carbonyl (C=O) groups excluding carboxylic acids is 2. The molecule has 33 heavy (non-hydrogen) atoms. The van der Waals surface area contributed by atoms with Crippen molar-refractivity contribution in [2.75, 3.05) is 5.32 Å². The highest BCUT2D eigenvalue weighted by Crippen LogP contribution is 2.20. The van der Waals surface area contributed by atoms with E-state index in [2.05, 4.69) is 10.4 Å². The molecule has 1 N–H and O–H groups in total. The molecule has 172 valence electrons. The van der Waals surface area contributed by atoms with E-state index in [1.807, 2.05) is 32.0 Å². The molecule has 1 atom stereocenters. The van der Waals surface area contributed by atoms with E-state index in [0.29, 0.717) is 23.3 Å². The van der Waals surface area contributed by atoms with Crippen molar-refractivity contribution in [3.05, 3.63) is 87.7 Å². The normalized spacial score (nSPS) is 12.1. The first-order valence-corrected chi connectivity index (χ1v) is 10.5. The number of esters is 1. The van der Waals surface area contributed by atoms with Gasteiger partial charge in [0.15, 0.2) is 6.10 Å². The van der Waals surface area contributed by atoms with E-state index in [9.17, 15) is 18.4 Å². The van der Waals surface area contributed by atoms with Crippen LogP contribution in [0.2, 0.25) is 5.02 Å². The summed E-state index contributed by atoms with van der Waals surface area (Å²) >= 11 is 6.23. The van der Waals surface area contributed by atoms with Gasteiger partial charge < -0.3 is 10.1 Å². The summed E-state index contributed by atoms with van der Waals surface area (Å²) in [4.78, 5) is 24.4. The van der Waals surface area contributed by atoms with Crippen molar-refractivity contribution in [1.29, 1.82) is 0 Å². The number of halogens is 3. The van der Waals surface area contributed by atoms with Gasteiger partial charge in [-0.15, -0.1) is 0 Å². The summed E-state index contributed by atoms with van der Waals surface area (Å²) in [6.45, 7) is 5.51. The van der Waals surface area contributed by atoms with Gasteiger partial charge in [0.1, 0.15) is 11.6 Å². The highest BCUT2D eigenvalue weighted by molar-refractivity contribution is 6.31. The topological polar surface area (TPSA) is 73.2 Å². The minimum absolute atomic E-state index is 0.211. The Morgan fingerprint density at radius 2 is 1.94 bits per heavy atom. The van der Waals surface area contributed by atoms with E-state index < -0.39 is 29.6 Å². The first-order valence-electron chi connectivity index (χ1n) is 10.1. The fraction of sp³-hybridized carbons (Fsp3) is 0.208.